The lowest BCUT2D eigenvalue weighted by Gasteiger charge is -2.17. The van der Waals surface area contributed by atoms with Gasteiger partial charge in [0.05, 0.1) is 0 Å². The number of hydrogen-bond donors (Lipinski definition) is 1. The normalized spacial score (nSPS) is 10.3. The lowest BCUT2D eigenvalue weighted by molar-refractivity contribution is -0.133. The maximum absolute atomic E-state index is 12.8. The van der Waals surface area contributed by atoms with Crippen LogP contribution in [-0.2, 0) is 16.1 Å². The first-order valence-electron chi connectivity index (χ1n) is 6.45. The van der Waals surface area contributed by atoms with E-state index in [1.165, 1.54) is 17.0 Å². The molecule has 2 rings (SSSR count). The van der Waals surface area contributed by atoms with Gasteiger partial charge in [0.2, 0.25) is 0 Å². The molecule has 2 aromatic rings. The zero-order chi connectivity index (χ0) is 16.1. The van der Waals surface area contributed by atoms with E-state index in [0.717, 1.165) is 10.0 Å². The van der Waals surface area contributed by atoms with Gasteiger partial charge < -0.3 is 14.6 Å². The Kier molecular flexibility index (Phi) is 5.32. The van der Waals surface area contributed by atoms with E-state index in [1.807, 2.05) is 0 Å². The maximum Gasteiger partial charge on any atom is 0.355 e. The highest BCUT2D eigenvalue weighted by molar-refractivity contribution is 9.10. The first kappa shape index (κ1) is 16.2. The second-order valence-corrected chi connectivity index (χ2v) is 5.60. The third-order valence-electron chi connectivity index (χ3n) is 2.95. The van der Waals surface area contributed by atoms with Gasteiger partial charge in [-0.25, -0.2) is 9.18 Å². The number of ether oxygens (including phenoxy) is 1. The Bertz CT molecular complexity index is 670. The first-order valence-corrected chi connectivity index (χ1v) is 7.24. The molecule has 116 valence electrons. The smallest absolute Gasteiger partial charge is 0.355 e. The quantitative estimate of drug-likeness (QED) is 0.825. The minimum atomic E-state index is -0.603. The molecule has 7 heteroatoms. The van der Waals surface area contributed by atoms with Gasteiger partial charge in [0.1, 0.15) is 11.5 Å². The molecule has 0 saturated heterocycles. The molecule has 1 amide bonds. The number of esters is 1. The Morgan fingerprint density at radius 3 is 2.59 bits per heavy atom. The largest absolute Gasteiger partial charge is 0.451 e. The molecule has 5 nitrogen and oxygen atoms in total. The van der Waals surface area contributed by atoms with E-state index in [9.17, 15) is 14.0 Å². The van der Waals surface area contributed by atoms with Crippen molar-refractivity contribution in [3.05, 3.63) is 58.1 Å². The molecule has 0 unspecified atom stereocenters. The lowest BCUT2D eigenvalue weighted by atomic mass is 10.2. The molecule has 0 atom stereocenters. The van der Waals surface area contributed by atoms with Gasteiger partial charge in [0.25, 0.3) is 5.91 Å². The summed E-state index contributed by atoms with van der Waals surface area (Å²) in [6.45, 7) is -0.0438. The summed E-state index contributed by atoms with van der Waals surface area (Å²) >= 11 is 3.20. The van der Waals surface area contributed by atoms with E-state index in [0.29, 0.717) is 6.54 Å². The number of carbonyl (C=O) groups excluding carboxylic acids is 2. The topological polar surface area (TPSA) is 62.4 Å². The molecule has 1 aromatic carbocycles. The van der Waals surface area contributed by atoms with Crippen molar-refractivity contribution < 1.29 is 18.7 Å². The van der Waals surface area contributed by atoms with E-state index in [4.69, 9.17) is 4.74 Å². The zero-order valence-electron chi connectivity index (χ0n) is 11.8. The second kappa shape index (κ2) is 7.22. The van der Waals surface area contributed by atoms with Crippen molar-refractivity contribution in [2.45, 2.75) is 6.54 Å². The van der Waals surface area contributed by atoms with Crippen LogP contribution in [0.15, 0.2) is 41.0 Å². The fraction of sp³-hybridized carbons (Fsp3) is 0.200. The summed E-state index contributed by atoms with van der Waals surface area (Å²) in [5, 5.41) is 0. The molecule has 1 heterocycles. The van der Waals surface area contributed by atoms with Gasteiger partial charge in [-0.1, -0.05) is 12.1 Å². The van der Waals surface area contributed by atoms with Crippen molar-refractivity contribution >= 4 is 27.8 Å². The molecule has 0 aliphatic rings. The molecule has 0 bridgehead atoms. The van der Waals surface area contributed by atoms with Gasteiger partial charge in [-0.15, -0.1) is 0 Å². The third kappa shape index (κ3) is 4.42. The average Bonchev–Trinajstić information content (AvgIpc) is 2.93. The summed E-state index contributed by atoms with van der Waals surface area (Å²) in [5.74, 6) is -1.28. The van der Waals surface area contributed by atoms with Crippen LogP contribution in [0.1, 0.15) is 16.1 Å². The molecule has 0 radical (unpaired) electrons. The fourth-order valence-electron chi connectivity index (χ4n) is 1.75. The Hall–Kier alpha value is -2.15. The number of benzene rings is 1. The van der Waals surface area contributed by atoms with E-state index in [2.05, 4.69) is 20.9 Å². The Morgan fingerprint density at radius 2 is 2.00 bits per heavy atom. The van der Waals surface area contributed by atoms with Crippen molar-refractivity contribution in [2.75, 3.05) is 13.7 Å². The van der Waals surface area contributed by atoms with Crippen molar-refractivity contribution in [3.8, 4) is 0 Å². The van der Waals surface area contributed by atoms with Crippen molar-refractivity contribution in [3.63, 3.8) is 0 Å². The van der Waals surface area contributed by atoms with Crippen LogP contribution in [0.3, 0.4) is 0 Å². The molecular weight excluding hydrogens is 355 g/mol. The highest BCUT2D eigenvalue weighted by atomic mass is 79.9. The number of aromatic nitrogens is 1. The van der Waals surface area contributed by atoms with Crippen LogP contribution in [0.4, 0.5) is 4.39 Å². The van der Waals surface area contributed by atoms with Gasteiger partial charge in [-0.05, 0) is 39.7 Å². The minimum Gasteiger partial charge on any atom is -0.451 e. The predicted molar refractivity (Wildman–Crippen MR) is 81.6 cm³/mol. The number of H-pyrrole nitrogens is 1. The van der Waals surface area contributed by atoms with Crippen molar-refractivity contribution in [1.29, 1.82) is 0 Å². The summed E-state index contributed by atoms with van der Waals surface area (Å²) in [6.07, 6.45) is 1.60. The summed E-state index contributed by atoms with van der Waals surface area (Å²) in [6, 6.07) is 7.42. The summed E-state index contributed by atoms with van der Waals surface area (Å²) in [5.41, 5.74) is 1.05. The van der Waals surface area contributed by atoms with E-state index >= 15 is 0 Å². The van der Waals surface area contributed by atoms with Crippen molar-refractivity contribution in [2.24, 2.45) is 0 Å². The monoisotopic (exact) mass is 368 g/mol. The van der Waals surface area contributed by atoms with Gasteiger partial charge >= 0.3 is 5.97 Å². The number of likely N-dealkylation sites (N-methyl/N-ethyl adjacent to an activating group) is 1. The number of rotatable bonds is 5. The van der Waals surface area contributed by atoms with Crippen LogP contribution >= 0.6 is 15.9 Å². The summed E-state index contributed by atoms with van der Waals surface area (Å²) < 4.78 is 18.5. The third-order valence-corrected chi connectivity index (χ3v) is 3.41. The van der Waals surface area contributed by atoms with Crippen LogP contribution in [0, 0.1) is 5.82 Å². The van der Waals surface area contributed by atoms with Gasteiger partial charge in [-0.3, -0.25) is 4.79 Å². The number of amides is 1. The van der Waals surface area contributed by atoms with Crippen LogP contribution in [0.25, 0.3) is 0 Å². The number of nitrogens with one attached hydrogen (secondary N) is 1. The van der Waals surface area contributed by atoms with Gasteiger partial charge in [0, 0.05) is 24.3 Å². The Labute approximate surface area is 135 Å². The molecule has 1 N–H and O–H groups in total. The Balaban J connectivity index is 1.83. The molecule has 22 heavy (non-hydrogen) atoms. The fourth-order valence-corrected chi connectivity index (χ4v) is 2.10. The molecule has 0 aliphatic heterocycles. The highest BCUT2D eigenvalue weighted by Crippen LogP contribution is 2.11. The summed E-state index contributed by atoms with van der Waals surface area (Å²) in [4.78, 5) is 27.7. The van der Waals surface area contributed by atoms with Gasteiger partial charge in [0.15, 0.2) is 6.61 Å². The molecule has 0 spiro atoms. The molecule has 0 fully saturated rings. The zero-order valence-corrected chi connectivity index (χ0v) is 13.4. The van der Waals surface area contributed by atoms with Crippen LogP contribution in [0.2, 0.25) is 0 Å². The molecular formula is C15H14BrFN2O3. The standard InChI is InChI=1S/C15H14BrFN2O3/c1-19(8-10-2-4-12(17)5-3-10)14(20)9-22-15(21)13-6-11(16)7-18-13/h2-7,18H,8-9H2,1H3. The van der Waals surface area contributed by atoms with Gasteiger partial charge in [-0.2, -0.15) is 0 Å². The second-order valence-electron chi connectivity index (χ2n) is 4.68. The van der Waals surface area contributed by atoms with E-state index < -0.39 is 5.97 Å². The van der Waals surface area contributed by atoms with E-state index in [1.54, 1.807) is 31.4 Å². The molecule has 0 aliphatic carbocycles. The van der Waals surface area contributed by atoms with Crippen LogP contribution < -0.4 is 0 Å². The number of nitrogens with zero attached hydrogens (tertiary/aromatic N) is 1. The van der Waals surface area contributed by atoms with Crippen LogP contribution in [-0.4, -0.2) is 35.4 Å². The average molecular weight is 369 g/mol. The minimum absolute atomic E-state index is 0.265. The summed E-state index contributed by atoms with van der Waals surface area (Å²) in [7, 11) is 1.59. The highest BCUT2D eigenvalue weighted by Gasteiger charge is 2.15. The predicted octanol–water partition coefficient (Wildman–Crippen LogP) is 2.73. The number of aromatic amines is 1. The maximum atomic E-state index is 12.8. The molecule has 0 saturated carbocycles. The SMILES string of the molecule is CN(Cc1ccc(F)cc1)C(=O)COC(=O)c1cc(Br)c[nH]1. The first-order chi connectivity index (χ1) is 10.5. The van der Waals surface area contributed by atoms with Crippen LogP contribution in [0.5, 0.6) is 0 Å². The number of halogens is 2. The number of hydrogen-bond acceptors (Lipinski definition) is 3. The molecule has 1 aromatic heterocycles. The Morgan fingerprint density at radius 1 is 1.32 bits per heavy atom. The number of carbonyl (C=O) groups is 2. The van der Waals surface area contributed by atoms with Crippen molar-refractivity contribution in [1.82, 2.24) is 9.88 Å². The lowest BCUT2D eigenvalue weighted by Crippen LogP contribution is -2.30. The van der Waals surface area contributed by atoms with E-state index in [-0.39, 0.29) is 24.0 Å².